The fourth-order valence-corrected chi connectivity index (χ4v) is 7.05. The molecule has 0 saturated heterocycles. The lowest BCUT2D eigenvalue weighted by molar-refractivity contribution is 0.568. The lowest BCUT2D eigenvalue weighted by atomic mass is 9.79. The smallest absolute Gasteiger partial charge is 0.126 e. The molecule has 0 N–H and O–H groups in total. The molecule has 0 fully saturated rings. The summed E-state index contributed by atoms with van der Waals surface area (Å²) < 4.78 is 1.17. The van der Waals surface area contributed by atoms with Crippen molar-refractivity contribution in [2.24, 2.45) is 4.99 Å². The van der Waals surface area contributed by atoms with E-state index in [4.69, 9.17) is 9.98 Å². The van der Waals surface area contributed by atoms with Crippen LogP contribution in [0.3, 0.4) is 0 Å². The molecule has 0 aliphatic heterocycles. The highest BCUT2D eigenvalue weighted by atomic mass is 32.1. The molecule has 3 heteroatoms. The molecule has 7 rings (SSSR count). The van der Waals surface area contributed by atoms with Crippen molar-refractivity contribution in [1.82, 2.24) is 4.98 Å². The molecule has 0 unspecified atom stereocenters. The van der Waals surface area contributed by atoms with Gasteiger partial charge in [-0.25, -0.2) is 4.98 Å². The lowest BCUT2D eigenvalue weighted by Crippen LogP contribution is -2.17. The number of hydrogen-bond acceptors (Lipinski definition) is 3. The molecule has 0 spiro atoms. The van der Waals surface area contributed by atoms with E-state index in [2.05, 4.69) is 169 Å². The summed E-state index contributed by atoms with van der Waals surface area (Å²) >= 11 is 1.72. The van der Waals surface area contributed by atoms with Crippen molar-refractivity contribution in [3.63, 3.8) is 0 Å². The van der Waals surface area contributed by atoms with Crippen LogP contribution in [-0.4, -0.2) is 11.2 Å². The monoisotopic (exact) mass is 628 g/mol. The number of hydrogen-bond donors (Lipinski definition) is 0. The maximum atomic E-state index is 5.25. The van der Waals surface area contributed by atoms with Crippen LogP contribution in [0.5, 0.6) is 0 Å². The molecular formula is C44H40N2S. The van der Waals surface area contributed by atoms with Crippen molar-refractivity contribution in [3.05, 3.63) is 144 Å². The van der Waals surface area contributed by atoms with Crippen molar-refractivity contribution in [1.29, 1.82) is 0 Å². The quantitative estimate of drug-likeness (QED) is 0.174. The minimum atomic E-state index is 0.0522. The third-order valence-corrected chi connectivity index (χ3v) is 9.91. The van der Waals surface area contributed by atoms with Gasteiger partial charge in [0, 0.05) is 17.3 Å². The summed E-state index contributed by atoms with van der Waals surface area (Å²) in [6.07, 6.45) is 2.01. The van der Waals surface area contributed by atoms with E-state index in [1.807, 2.05) is 6.21 Å². The molecule has 7 aromatic rings. The zero-order valence-electron chi connectivity index (χ0n) is 28.0. The predicted molar refractivity (Wildman–Crippen MR) is 205 cm³/mol. The Morgan fingerprint density at radius 1 is 0.553 bits per heavy atom. The Bertz CT molecular complexity index is 2230. The first-order valence-corrected chi connectivity index (χ1v) is 17.1. The highest BCUT2D eigenvalue weighted by Gasteiger charge is 2.20. The molecular weight excluding hydrogens is 589 g/mol. The van der Waals surface area contributed by atoms with E-state index in [0.29, 0.717) is 0 Å². The van der Waals surface area contributed by atoms with Crippen LogP contribution in [-0.2, 0) is 10.8 Å². The van der Waals surface area contributed by atoms with Crippen molar-refractivity contribution in [3.8, 4) is 32.8 Å². The number of aliphatic imine (C=N–C) groups is 1. The summed E-state index contributed by atoms with van der Waals surface area (Å²) in [5, 5.41) is 3.43. The normalized spacial score (nSPS) is 12.4. The molecule has 1 heterocycles. The van der Waals surface area contributed by atoms with Gasteiger partial charge in [0.05, 0.1) is 15.9 Å². The third kappa shape index (κ3) is 6.41. The number of nitrogens with zero attached hydrogens (tertiary/aromatic N) is 2. The Morgan fingerprint density at radius 3 is 1.87 bits per heavy atom. The zero-order valence-corrected chi connectivity index (χ0v) is 28.8. The largest absolute Gasteiger partial charge is 0.256 e. The van der Waals surface area contributed by atoms with Crippen molar-refractivity contribution < 1.29 is 0 Å². The Balaban J connectivity index is 1.25. The minimum Gasteiger partial charge on any atom is -0.256 e. The third-order valence-electron chi connectivity index (χ3n) is 8.85. The van der Waals surface area contributed by atoms with Gasteiger partial charge in [-0.3, -0.25) is 4.99 Å². The fraction of sp³-hybridized carbons (Fsp3) is 0.182. The zero-order chi connectivity index (χ0) is 32.8. The average Bonchev–Trinajstić information content (AvgIpc) is 3.51. The number of rotatable bonds is 5. The van der Waals surface area contributed by atoms with Gasteiger partial charge in [0.1, 0.15) is 5.01 Å². The Kier molecular flexibility index (Phi) is 7.90. The highest BCUT2D eigenvalue weighted by molar-refractivity contribution is 7.21. The van der Waals surface area contributed by atoms with E-state index in [-0.39, 0.29) is 10.8 Å². The molecule has 47 heavy (non-hydrogen) atoms. The van der Waals surface area contributed by atoms with E-state index in [0.717, 1.165) is 32.9 Å². The fourth-order valence-electron chi connectivity index (χ4n) is 6.02. The first-order chi connectivity index (χ1) is 22.5. The number of para-hydroxylation sites is 2. The molecule has 0 radical (unpaired) electrons. The molecule has 0 bridgehead atoms. The SMILES string of the molecule is CC(C)(C)c1cc(C=Nc2ccccc2-c2nc3c(-c4ccc5cc(-c6ccccc6)ccc5c4)cccc3s2)cc(C(C)(C)C)c1. The van der Waals surface area contributed by atoms with Gasteiger partial charge in [0.15, 0.2) is 0 Å². The second-order valence-electron chi connectivity index (χ2n) is 14.4. The maximum absolute atomic E-state index is 5.25. The van der Waals surface area contributed by atoms with Crippen LogP contribution < -0.4 is 0 Å². The van der Waals surface area contributed by atoms with Crippen molar-refractivity contribution in [2.75, 3.05) is 0 Å². The lowest BCUT2D eigenvalue weighted by Gasteiger charge is -2.25. The van der Waals surface area contributed by atoms with Crippen LogP contribution in [0.25, 0.3) is 53.8 Å². The Hall–Kier alpha value is -4.86. The highest BCUT2D eigenvalue weighted by Crippen LogP contribution is 2.40. The van der Waals surface area contributed by atoms with Crippen LogP contribution in [0, 0.1) is 0 Å². The van der Waals surface area contributed by atoms with E-state index in [1.54, 1.807) is 11.3 Å². The Labute approximate surface area is 282 Å². The maximum Gasteiger partial charge on any atom is 0.126 e. The summed E-state index contributed by atoms with van der Waals surface area (Å²) in [6.45, 7) is 13.6. The van der Waals surface area contributed by atoms with Crippen LogP contribution >= 0.6 is 11.3 Å². The van der Waals surface area contributed by atoms with Crippen LogP contribution in [0.1, 0.15) is 58.2 Å². The number of benzene rings is 6. The van der Waals surface area contributed by atoms with E-state index in [9.17, 15) is 0 Å². The van der Waals surface area contributed by atoms with Gasteiger partial charge in [0.2, 0.25) is 0 Å². The molecule has 0 aliphatic rings. The van der Waals surface area contributed by atoms with E-state index >= 15 is 0 Å². The van der Waals surface area contributed by atoms with Gasteiger partial charge in [-0.15, -0.1) is 11.3 Å². The predicted octanol–water partition coefficient (Wildman–Crippen LogP) is 12.8. The molecule has 2 nitrogen and oxygen atoms in total. The van der Waals surface area contributed by atoms with Gasteiger partial charge in [-0.1, -0.05) is 126 Å². The summed E-state index contributed by atoms with van der Waals surface area (Å²) in [4.78, 5) is 10.3. The summed E-state index contributed by atoms with van der Waals surface area (Å²) in [6, 6.07) is 45.8. The number of thiazole rings is 1. The standard InChI is InChI=1S/C44H40N2S/c1-43(2,3)35-23-29(24-36(27-35)44(4,5)6)28-45-39-17-11-10-15-38(39)42-46-41-37(16-12-18-40(41)47-42)34-22-21-32-25-31(19-20-33(32)26-34)30-13-8-7-9-14-30/h7-28H,1-6H3. The number of fused-ring (bicyclic) bond motifs is 2. The van der Waals surface area contributed by atoms with E-state index in [1.165, 1.54) is 43.3 Å². The van der Waals surface area contributed by atoms with Crippen LogP contribution in [0.15, 0.2) is 132 Å². The van der Waals surface area contributed by atoms with Gasteiger partial charge >= 0.3 is 0 Å². The second kappa shape index (κ2) is 12.1. The van der Waals surface area contributed by atoms with Gasteiger partial charge in [0.25, 0.3) is 0 Å². The Morgan fingerprint density at radius 2 is 1.17 bits per heavy atom. The first kappa shape index (κ1) is 30.8. The molecule has 0 aliphatic carbocycles. The molecule has 232 valence electrons. The van der Waals surface area contributed by atoms with Gasteiger partial charge in [-0.05, 0) is 97.4 Å². The minimum absolute atomic E-state index is 0.0522. The van der Waals surface area contributed by atoms with E-state index < -0.39 is 0 Å². The summed E-state index contributed by atoms with van der Waals surface area (Å²) in [5.41, 5.74) is 11.7. The van der Waals surface area contributed by atoms with Crippen molar-refractivity contribution >= 4 is 44.2 Å². The summed E-state index contributed by atoms with van der Waals surface area (Å²) in [5.74, 6) is 0. The molecule has 0 saturated carbocycles. The second-order valence-corrected chi connectivity index (χ2v) is 15.5. The van der Waals surface area contributed by atoms with Crippen LogP contribution in [0.2, 0.25) is 0 Å². The first-order valence-electron chi connectivity index (χ1n) is 16.3. The van der Waals surface area contributed by atoms with Crippen LogP contribution in [0.4, 0.5) is 5.69 Å². The topological polar surface area (TPSA) is 25.2 Å². The molecule has 1 aromatic heterocycles. The molecule has 6 aromatic carbocycles. The molecule has 0 atom stereocenters. The number of aromatic nitrogens is 1. The van der Waals surface area contributed by atoms with Gasteiger partial charge in [-0.2, -0.15) is 0 Å². The van der Waals surface area contributed by atoms with Crippen molar-refractivity contribution in [2.45, 2.75) is 52.4 Å². The molecule has 0 amide bonds. The van der Waals surface area contributed by atoms with Gasteiger partial charge < -0.3 is 0 Å². The average molecular weight is 629 g/mol. The summed E-state index contributed by atoms with van der Waals surface area (Å²) in [7, 11) is 0.